The maximum absolute atomic E-state index is 9.60. The maximum Gasteiger partial charge on any atom is 0.139 e. The van der Waals surface area contributed by atoms with Gasteiger partial charge in [0.2, 0.25) is 0 Å². The minimum Gasteiger partial charge on any atom is -0.388 e. The summed E-state index contributed by atoms with van der Waals surface area (Å²) in [6, 6.07) is 0. The highest BCUT2D eigenvalue weighted by molar-refractivity contribution is 5.23. The Labute approximate surface area is 71.7 Å². The van der Waals surface area contributed by atoms with Crippen LogP contribution >= 0.6 is 0 Å². The zero-order chi connectivity index (χ0) is 9.14. The molecule has 0 radical (unpaired) electrons. The van der Waals surface area contributed by atoms with Crippen LogP contribution in [0.5, 0.6) is 0 Å². The van der Waals surface area contributed by atoms with Gasteiger partial charge in [0, 0.05) is 5.56 Å². The van der Waals surface area contributed by atoms with Crippen molar-refractivity contribution in [2.75, 3.05) is 0 Å². The maximum atomic E-state index is 9.60. The molecule has 0 aromatic carbocycles. The first-order chi connectivity index (χ1) is 5.66. The molecule has 1 N–H and O–H groups in total. The summed E-state index contributed by atoms with van der Waals surface area (Å²) in [5, 5.41) is 13.4. The lowest BCUT2D eigenvalue weighted by molar-refractivity contribution is 0.179. The van der Waals surface area contributed by atoms with Gasteiger partial charge in [-0.15, -0.1) is 6.58 Å². The van der Waals surface area contributed by atoms with Crippen LogP contribution in [0.25, 0.3) is 0 Å². The molecular formula is C9H13NO2. The summed E-state index contributed by atoms with van der Waals surface area (Å²) in [6.45, 7) is 7.17. The molecule has 0 saturated carbocycles. The van der Waals surface area contributed by atoms with Gasteiger partial charge in [0.25, 0.3) is 0 Å². The highest BCUT2D eigenvalue weighted by Gasteiger charge is 2.16. The molecule has 1 rings (SSSR count). The normalized spacial score (nSPS) is 12.9. The number of aromatic nitrogens is 1. The largest absolute Gasteiger partial charge is 0.388 e. The molecule has 1 aromatic rings. The fraction of sp³-hybridized carbons (Fsp3) is 0.444. The van der Waals surface area contributed by atoms with Crippen molar-refractivity contribution in [1.82, 2.24) is 5.16 Å². The third-order valence-corrected chi connectivity index (χ3v) is 1.81. The van der Waals surface area contributed by atoms with E-state index in [1.807, 2.05) is 6.92 Å². The first-order valence-electron chi connectivity index (χ1n) is 3.88. The minimum absolute atomic E-state index is 0.531. The van der Waals surface area contributed by atoms with E-state index in [0.717, 1.165) is 11.3 Å². The van der Waals surface area contributed by atoms with Crippen LogP contribution < -0.4 is 0 Å². The number of aliphatic hydroxyl groups excluding tert-OH is 1. The van der Waals surface area contributed by atoms with Crippen molar-refractivity contribution in [3.05, 3.63) is 29.7 Å². The van der Waals surface area contributed by atoms with Gasteiger partial charge in [-0.25, -0.2) is 0 Å². The van der Waals surface area contributed by atoms with Crippen molar-refractivity contribution in [1.29, 1.82) is 0 Å². The molecule has 0 amide bonds. The summed E-state index contributed by atoms with van der Waals surface area (Å²) >= 11 is 0. The number of aliphatic hydroxyl groups is 1. The fourth-order valence-electron chi connectivity index (χ4n) is 1.24. The van der Waals surface area contributed by atoms with Gasteiger partial charge in [-0.2, -0.15) is 0 Å². The third-order valence-electron chi connectivity index (χ3n) is 1.81. The summed E-state index contributed by atoms with van der Waals surface area (Å²) < 4.78 is 4.92. The van der Waals surface area contributed by atoms with E-state index in [9.17, 15) is 5.11 Å². The molecular weight excluding hydrogens is 154 g/mol. The van der Waals surface area contributed by atoms with Crippen molar-refractivity contribution in [3.8, 4) is 0 Å². The molecule has 1 unspecified atom stereocenters. The molecule has 0 bridgehead atoms. The molecule has 1 heterocycles. The standard InChI is InChI=1S/C9H13NO2/c1-4-5-8(11)9-6(2)10-12-7(9)3/h4,8,11H,1,5H2,2-3H3. The van der Waals surface area contributed by atoms with Crippen molar-refractivity contribution in [3.63, 3.8) is 0 Å². The Morgan fingerprint density at radius 1 is 1.67 bits per heavy atom. The average molecular weight is 167 g/mol. The van der Waals surface area contributed by atoms with Crippen molar-refractivity contribution in [2.45, 2.75) is 26.4 Å². The zero-order valence-corrected chi connectivity index (χ0v) is 7.37. The van der Waals surface area contributed by atoms with Gasteiger partial charge >= 0.3 is 0 Å². The van der Waals surface area contributed by atoms with E-state index in [2.05, 4.69) is 11.7 Å². The molecule has 0 aliphatic carbocycles. The first kappa shape index (κ1) is 9.00. The summed E-state index contributed by atoms with van der Waals surface area (Å²) in [5.74, 6) is 0.682. The Morgan fingerprint density at radius 2 is 2.33 bits per heavy atom. The summed E-state index contributed by atoms with van der Waals surface area (Å²) in [6.07, 6.45) is 1.67. The van der Waals surface area contributed by atoms with Gasteiger partial charge in [0.15, 0.2) is 0 Å². The van der Waals surface area contributed by atoms with Crippen molar-refractivity contribution in [2.24, 2.45) is 0 Å². The van der Waals surface area contributed by atoms with E-state index < -0.39 is 6.10 Å². The van der Waals surface area contributed by atoms with Crippen molar-refractivity contribution >= 4 is 0 Å². The second-order valence-electron chi connectivity index (χ2n) is 2.78. The Hall–Kier alpha value is -1.09. The SMILES string of the molecule is C=CCC(O)c1c(C)noc1C. The molecule has 3 heteroatoms. The highest BCUT2D eigenvalue weighted by Crippen LogP contribution is 2.23. The first-order valence-corrected chi connectivity index (χ1v) is 3.88. The van der Waals surface area contributed by atoms with E-state index in [4.69, 9.17) is 4.52 Å². The number of hydrogen-bond acceptors (Lipinski definition) is 3. The molecule has 0 fully saturated rings. The van der Waals surface area contributed by atoms with Crippen LogP contribution in [0.1, 0.15) is 29.5 Å². The van der Waals surface area contributed by atoms with Crippen molar-refractivity contribution < 1.29 is 9.63 Å². The van der Waals surface area contributed by atoms with Crippen LogP contribution in [0.2, 0.25) is 0 Å². The summed E-state index contributed by atoms with van der Waals surface area (Å²) in [7, 11) is 0. The van der Waals surface area contributed by atoms with Crippen LogP contribution in [0.4, 0.5) is 0 Å². The topological polar surface area (TPSA) is 46.3 Å². The lowest BCUT2D eigenvalue weighted by Gasteiger charge is -2.05. The van der Waals surface area contributed by atoms with Crippen LogP contribution in [0, 0.1) is 13.8 Å². The molecule has 0 aliphatic rings. The molecule has 1 atom stereocenters. The van der Waals surface area contributed by atoms with Gasteiger partial charge in [0.05, 0.1) is 11.8 Å². The molecule has 1 aromatic heterocycles. The Bertz CT molecular complexity index is 259. The Balaban J connectivity index is 2.92. The van der Waals surface area contributed by atoms with E-state index in [1.165, 1.54) is 0 Å². The average Bonchev–Trinajstić information content (AvgIpc) is 2.32. The predicted molar refractivity (Wildman–Crippen MR) is 45.8 cm³/mol. The molecule has 12 heavy (non-hydrogen) atoms. The summed E-state index contributed by atoms with van der Waals surface area (Å²) in [5.41, 5.74) is 1.54. The molecule has 3 nitrogen and oxygen atoms in total. The van der Waals surface area contributed by atoms with Gasteiger partial charge in [-0.3, -0.25) is 0 Å². The van der Waals surface area contributed by atoms with Crippen LogP contribution in [0.3, 0.4) is 0 Å². The Kier molecular flexibility index (Phi) is 2.65. The third kappa shape index (κ3) is 1.56. The molecule has 0 saturated heterocycles. The van der Waals surface area contributed by atoms with E-state index in [1.54, 1.807) is 13.0 Å². The zero-order valence-electron chi connectivity index (χ0n) is 7.37. The van der Waals surface area contributed by atoms with Gasteiger partial charge < -0.3 is 9.63 Å². The van der Waals surface area contributed by atoms with Crippen LogP contribution in [0.15, 0.2) is 17.2 Å². The number of hydrogen-bond donors (Lipinski definition) is 1. The molecule has 0 spiro atoms. The van der Waals surface area contributed by atoms with Crippen LogP contribution in [-0.2, 0) is 0 Å². The molecule has 66 valence electrons. The Morgan fingerprint density at radius 3 is 2.75 bits per heavy atom. The lowest BCUT2D eigenvalue weighted by atomic mass is 10.1. The number of rotatable bonds is 3. The highest BCUT2D eigenvalue weighted by atomic mass is 16.5. The van der Waals surface area contributed by atoms with E-state index in [0.29, 0.717) is 12.2 Å². The smallest absolute Gasteiger partial charge is 0.139 e. The quantitative estimate of drug-likeness (QED) is 0.699. The second kappa shape index (κ2) is 3.54. The van der Waals surface area contributed by atoms with Gasteiger partial charge in [-0.1, -0.05) is 11.2 Å². The monoisotopic (exact) mass is 167 g/mol. The fourth-order valence-corrected chi connectivity index (χ4v) is 1.24. The van der Waals surface area contributed by atoms with Crippen LogP contribution in [-0.4, -0.2) is 10.3 Å². The lowest BCUT2D eigenvalue weighted by Crippen LogP contribution is -1.98. The van der Waals surface area contributed by atoms with Gasteiger partial charge in [-0.05, 0) is 20.3 Å². The minimum atomic E-state index is -0.534. The number of nitrogens with zero attached hydrogens (tertiary/aromatic N) is 1. The second-order valence-corrected chi connectivity index (χ2v) is 2.78. The van der Waals surface area contributed by atoms with E-state index in [-0.39, 0.29) is 0 Å². The number of aryl methyl sites for hydroxylation is 2. The molecule has 0 aliphatic heterocycles. The summed E-state index contributed by atoms with van der Waals surface area (Å²) in [4.78, 5) is 0. The predicted octanol–water partition coefficient (Wildman–Crippen LogP) is 1.90. The van der Waals surface area contributed by atoms with E-state index >= 15 is 0 Å². The van der Waals surface area contributed by atoms with Gasteiger partial charge in [0.1, 0.15) is 5.76 Å².